The molecule has 0 aliphatic heterocycles. The van der Waals surface area contributed by atoms with Crippen molar-refractivity contribution in [2.75, 3.05) is 0 Å². The molecule has 0 radical (unpaired) electrons. The van der Waals surface area contributed by atoms with Crippen molar-refractivity contribution >= 4 is 17.4 Å². The van der Waals surface area contributed by atoms with Gasteiger partial charge < -0.3 is 4.42 Å². The zero-order chi connectivity index (χ0) is 17.8. The Morgan fingerprint density at radius 2 is 1.76 bits per heavy atom. The van der Waals surface area contributed by atoms with E-state index in [1.165, 1.54) is 17.7 Å². The molecule has 6 nitrogen and oxygen atoms in total. The van der Waals surface area contributed by atoms with Crippen LogP contribution >= 0.6 is 11.8 Å². The molecule has 128 valence electrons. The Hall–Kier alpha value is -2.67. The molecular formula is C18H17N3O3S. The van der Waals surface area contributed by atoms with Crippen molar-refractivity contribution in [1.29, 1.82) is 0 Å². The highest BCUT2D eigenvalue weighted by Crippen LogP contribution is 2.26. The number of hydrogen-bond donors (Lipinski definition) is 0. The normalized spacial score (nSPS) is 11.0. The Kier molecular flexibility index (Phi) is 5.14. The topological polar surface area (TPSA) is 82.1 Å². The summed E-state index contributed by atoms with van der Waals surface area (Å²) in [6, 6.07) is 14.5. The summed E-state index contributed by atoms with van der Waals surface area (Å²) >= 11 is 1.62. The molecule has 3 aromatic rings. The molecule has 0 atom stereocenters. The number of benzene rings is 2. The second-order valence-electron chi connectivity index (χ2n) is 5.82. The highest BCUT2D eigenvalue weighted by atomic mass is 32.2. The Labute approximate surface area is 149 Å². The fraction of sp³-hybridized carbons (Fsp3) is 0.222. The van der Waals surface area contributed by atoms with Gasteiger partial charge in [0.25, 0.3) is 5.69 Å². The van der Waals surface area contributed by atoms with E-state index in [0.29, 0.717) is 29.0 Å². The highest BCUT2D eigenvalue weighted by Gasteiger charge is 2.11. The molecule has 0 bridgehead atoms. The monoisotopic (exact) mass is 355 g/mol. The summed E-state index contributed by atoms with van der Waals surface area (Å²) in [7, 11) is 0. The highest BCUT2D eigenvalue weighted by molar-refractivity contribution is 7.98. The van der Waals surface area contributed by atoms with Gasteiger partial charge in [-0.15, -0.1) is 22.0 Å². The third-order valence-electron chi connectivity index (χ3n) is 3.70. The van der Waals surface area contributed by atoms with Crippen LogP contribution in [0.4, 0.5) is 5.69 Å². The largest absolute Gasteiger partial charge is 0.420 e. The molecule has 25 heavy (non-hydrogen) atoms. The standard InChI is InChI=1S/C18H17N3O3S/c1-12(2)13-5-9-16(10-6-13)25-11-17-19-20-18(24-17)14-3-7-15(8-4-14)21(22)23/h3-10,12H,11H2,1-2H3. The summed E-state index contributed by atoms with van der Waals surface area (Å²) in [6.07, 6.45) is 0. The van der Waals surface area contributed by atoms with Crippen molar-refractivity contribution in [3.05, 3.63) is 70.1 Å². The van der Waals surface area contributed by atoms with E-state index >= 15 is 0 Å². The van der Waals surface area contributed by atoms with E-state index in [1.807, 2.05) is 0 Å². The number of aromatic nitrogens is 2. The first kappa shape index (κ1) is 17.2. The lowest BCUT2D eigenvalue weighted by Crippen LogP contribution is -1.87. The predicted octanol–water partition coefficient (Wildman–Crippen LogP) is 5.06. The minimum Gasteiger partial charge on any atom is -0.420 e. The smallest absolute Gasteiger partial charge is 0.269 e. The molecule has 1 aromatic heterocycles. The lowest BCUT2D eigenvalue weighted by molar-refractivity contribution is -0.384. The average Bonchev–Trinajstić information content (AvgIpc) is 3.09. The molecule has 0 saturated heterocycles. The molecule has 0 saturated carbocycles. The van der Waals surface area contributed by atoms with Gasteiger partial charge in [-0.1, -0.05) is 26.0 Å². The summed E-state index contributed by atoms with van der Waals surface area (Å²) in [6.45, 7) is 4.33. The van der Waals surface area contributed by atoms with Crippen molar-refractivity contribution in [2.24, 2.45) is 0 Å². The van der Waals surface area contributed by atoms with Gasteiger partial charge in [0, 0.05) is 22.6 Å². The van der Waals surface area contributed by atoms with E-state index in [1.54, 1.807) is 23.9 Å². The maximum Gasteiger partial charge on any atom is 0.269 e. The van der Waals surface area contributed by atoms with E-state index in [2.05, 4.69) is 48.3 Å². The first-order chi connectivity index (χ1) is 12.0. The number of thioether (sulfide) groups is 1. The quantitative estimate of drug-likeness (QED) is 0.349. The Balaban J connectivity index is 1.64. The lowest BCUT2D eigenvalue weighted by atomic mass is 10.0. The molecule has 0 aliphatic carbocycles. The summed E-state index contributed by atoms with van der Waals surface area (Å²) in [5.74, 6) is 1.97. The van der Waals surface area contributed by atoms with Crippen LogP contribution in [0.5, 0.6) is 0 Å². The number of non-ortho nitro benzene ring substituents is 1. The SMILES string of the molecule is CC(C)c1ccc(SCc2nnc(-c3ccc([N+](=O)[O-])cc3)o2)cc1. The zero-order valence-corrected chi connectivity index (χ0v) is 14.7. The van der Waals surface area contributed by atoms with E-state index < -0.39 is 4.92 Å². The van der Waals surface area contributed by atoms with E-state index in [0.717, 1.165) is 4.90 Å². The first-order valence-corrected chi connectivity index (χ1v) is 8.81. The van der Waals surface area contributed by atoms with E-state index in [4.69, 9.17) is 4.42 Å². The van der Waals surface area contributed by atoms with Gasteiger partial charge in [0.2, 0.25) is 11.8 Å². The number of nitrogens with zero attached hydrogens (tertiary/aromatic N) is 3. The second-order valence-corrected chi connectivity index (χ2v) is 6.87. The molecule has 0 aliphatic rings. The summed E-state index contributed by atoms with van der Waals surface area (Å²) in [5, 5.41) is 18.7. The molecule has 0 spiro atoms. The van der Waals surface area contributed by atoms with Gasteiger partial charge in [-0.2, -0.15) is 0 Å². The number of rotatable bonds is 6. The molecule has 3 rings (SSSR count). The summed E-state index contributed by atoms with van der Waals surface area (Å²) < 4.78 is 5.64. The van der Waals surface area contributed by atoms with Crippen LogP contribution in [-0.4, -0.2) is 15.1 Å². The molecule has 0 amide bonds. The Morgan fingerprint density at radius 1 is 1.08 bits per heavy atom. The van der Waals surface area contributed by atoms with Gasteiger partial charge in [-0.3, -0.25) is 10.1 Å². The van der Waals surface area contributed by atoms with Crippen LogP contribution in [0.15, 0.2) is 57.8 Å². The number of nitro benzene ring substituents is 1. The second kappa shape index (κ2) is 7.48. The molecule has 0 fully saturated rings. The number of nitro groups is 1. The van der Waals surface area contributed by atoms with Crippen LogP contribution in [0.1, 0.15) is 31.2 Å². The van der Waals surface area contributed by atoms with Crippen molar-refractivity contribution in [3.63, 3.8) is 0 Å². The lowest BCUT2D eigenvalue weighted by Gasteiger charge is -2.05. The van der Waals surface area contributed by atoms with Crippen LogP contribution < -0.4 is 0 Å². The Bertz CT molecular complexity index is 858. The Morgan fingerprint density at radius 3 is 2.36 bits per heavy atom. The van der Waals surface area contributed by atoms with Gasteiger partial charge in [0.15, 0.2) is 0 Å². The molecule has 0 unspecified atom stereocenters. The van der Waals surface area contributed by atoms with Crippen LogP contribution in [0, 0.1) is 10.1 Å². The van der Waals surface area contributed by atoms with Crippen molar-refractivity contribution in [1.82, 2.24) is 10.2 Å². The summed E-state index contributed by atoms with van der Waals surface area (Å²) in [5.41, 5.74) is 2.00. The zero-order valence-electron chi connectivity index (χ0n) is 13.9. The fourth-order valence-corrected chi connectivity index (χ4v) is 2.98. The van der Waals surface area contributed by atoms with Crippen molar-refractivity contribution < 1.29 is 9.34 Å². The molecular weight excluding hydrogens is 338 g/mol. The molecule has 7 heteroatoms. The van der Waals surface area contributed by atoms with Crippen LogP contribution in [-0.2, 0) is 5.75 Å². The van der Waals surface area contributed by atoms with E-state index in [-0.39, 0.29) is 5.69 Å². The van der Waals surface area contributed by atoms with Gasteiger partial charge in [0.05, 0.1) is 10.7 Å². The first-order valence-electron chi connectivity index (χ1n) is 7.83. The minimum absolute atomic E-state index is 0.0314. The van der Waals surface area contributed by atoms with Gasteiger partial charge in [-0.25, -0.2) is 0 Å². The number of hydrogen-bond acceptors (Lipinski definition) is 6. The van der Waals surface area contributed by atoms with E-state index in [9.17, 15) is 10.1 Å². The van der Waals surface area contributed by atoms with Crippen LogP contribution in [0.25, 0.3) is 11.5 Å². The maximum atomic E-state index is 10.7. The third kappa shape index (κ3) is 4.24. The van der Waals surface area contributed by atoms with Crippen LogP contribution in [0.2, 0.25) is 0 Å². The maximum absolute atomic E-state index is 10.7. The summed E-state index contributed by atoms with van der Waals surface area (Å²) in [4.78, 5) is 11.4. The van der Waals surface area contributed by atoms with Gasteiger partial charge >= 0.3 is 0 Å². The fourth-order valence-electron chi connectivity index (χ4n) is 2.25. The van der Waals surface area contributed by atoms with Crippen molar-refractivity contribution in [2.45, 2.75) is 30.4 Å². The molecule has 0 N–H and O–H groups in total. The van der Waals surface area contributed by atoms with Gasteiger partial charge in [-0.05, 0) is 35.7 Å². The van der Waals surface area contributed by atoms with Crippen LogP contribution in [0.3, 0.4) is 0 Å². The molecule has 2 aromatic carbocycles. The molecule has 1 heterocycles. The minimum atomic E-state index is -0.440. The van der Waals surface area contributed by atoms with Gasteiger partial charge in [0.1, 0.15) is 0 Å². The third-order valence-corrected chi connectivity index (χ3v) is 4.70. The predicted molar refractivity (Wildman–Crippen MR) is 96.5 cm³/mol. The van der Waals surface area contributed by atoms with Crippen molar-refractivity contribution in [3.8, 4) is 11.5 Å². The average molecular weight is 355 g/mol.